The summed E-state index contributed by atoms with van der Waals surface area (Å²) in [5.41, 5.74) is 8.26. The van der Waals surface area contributed by atoms with E-state index in [0.29, 0.717) is 52.2 Å². The number of benzene rings is 2. The summed E-state index contributed by atoms with van der Waals surface area (Å²) >= 11 is 0. The van der Waals surface area contributed by atoms with Crippen LogP contribution in [0.25, 0.3) is 16.6 Å². The number of likely N-dealkylation sites (tertiary alicyclic amines) is 1. The van der Waals surface area contributed by atoms with E-state index in [2.05, 4.69) is 37.1 Å². The summed E-state index contributed by atoms with van der Waals surface area (Å²) in [6.07, 6.45) is 1.75. The van der Waals surface area contributed by atoms with Gasteiger partial charge in [-0.3, -0.25) is 9.69 Å². The minimum atomic E-state index is -0.606. The molecule has 196 valence electrons. The van der Waals surface area contributed by atoms with E-state index >= 15 is 0 Å². The predicted octanol–water partition coefficient (Wildman–Crippen LogP) is 4.07. The van der Waals surface area contributed by atoms with E-state index in [1.807, 2.05) is 24.3 Å². The number of anilines is 3. The number of H-pyrrole nitrogens is 1. The molecule has 3 heterocycles. The van der Waals surface area contributed by atoms with Gasteiger partial charge in [-0.1, -0.05) is 18.7 Å². The highest BCUT2D eigenvalue weighted by Crippen LogP contribution is 2.33. The molecule has 5 N–H and O–H groups in total. The summed E-state index contributed by atoms with van der Waals surface area (Å²) in [4.78, 5) is 25.8. The zero-order chi connectivity index (χ0) is 26.6. The van der Waals surface area contributed by atoms with Crippen LogP contribution in [0.4, 0.5) is 21.7 Å². The van der Waals surface area contributed by atoms with E-state index in [1.165, 1.54) is 0 Å². The molecule has 1 saturated heterocycles. The van der Waals surface area contributed by atoms with Crippen LogP contribution >= 0.6 is 0 Å². The number of alkyl halides is 1. The Labute approximate surface area is 218 Å². The molecular formula is C27H28FN7O3. The van der Waals surface area contributed by atoms with Gasteiger partial charge in [-0.15, -0.1) is 0 Å². The zero-order valence-corrected chi connectivity index (χ0v) is 20.8. The first-order valence-electron chi connectivity index (χ1n) is 12.1. The lowest BCUT2D eigenvalue weighted by Crippen LogP contribution is -2.55. The van der Waals surface area contributed by atoms with Gasteiger partial charge in [0.25, 0.3) is 0 Å². The summed E-state index contributed by atoms with van der Waals surface area (Å²) in [5.74, 6) is 1.08. The Balaban J connectivity index is 1.36. The molecule has 1 aliphatic heterocycles. The number of ether oxygens (including phenoxy) is 2. The van der Waals surface area contributed by atoms with Crippen molar-refractivity contribution in [1.82, 2.24) is 19.9 Å². The molecule has 1 amide bonds. The minimum absolute atomic E-state index is 0.187. The summed E-state index contributed by atoms with van der Waals surface area (Å²) in [6, 6.07) is 14.7. The van der Waals surface area contributed by atoms with Crippen LogP contribution in [0, 0.1) is 0 Å². The van der Waals surface area contributed by atoms with Crippen LogP contribution in [0.15, 0.2) is 61.3 Å². The van der Waals surface area contributed by atoms with Gasteiger partial charge in [0.2, 0.25) is 17.7 Å². The van der Waals surface area contributed by atoms with Crippen LogP contribution in [0.1, 0.15) is 5.56 Å². The highest BCUT2D eigenvalue weighted by Gasteiger charge is 2.26. The number of primary amides is 1. The van der Waals surface area contributed by atoms with Gasteiger partial charge in [-0.25, -0.2) is 4.39 Å². The maximum absolute atomic E-state index is 12.5. The summed E-state index contributed by atoms with van der Waals surface area (Å²) in [5, 5.41) is 7.34. The molecule has 5 rings (SSSR count). The Hall–Kier alpha value is -4.64. The van der Waals surface area contributed by atoms with Crippen molar-refractivity contribution in [3.05, 3.63) is 66.9 Å². The first-order valence-corrected chi connectivity index (χ1v) is 12.1. The highest BCUT2D eigenvalue weighted by atomic mass is 19.1. The van der Waals surface area contributed by atoms with Crippen LogP contribution < -0.4 is 25.8 Å². The largest absolute Gasteiger partial charge is 0.494 e. The second-order valence-electron chi connectivity index (χ2n) is 8.89. The zero-order valence-electron chi connectivity index (χ0n) is 20.8. The molecule has 11 heteroatoms. The number of nitrogens with two attached hydrogens (primary N) is 1. The number of amides is 1. The Morgan fingerprint density at radius 1 is 1.24 bits per heavy atom. The molecular weight excluding hydrogens is 489 g/mol. The van der Waals surface area contributed by atoms with Gasteiger partial charge in [-0.2, -0.15) is 9.97 Å². The average Bonchev–Trinajstić information content (AvgIpc) is 3.37. The van der Waals surface area contributed by atoms with Crippen LogP contribution in [0.5, 0.6) is 17.4 Å². The Morgan fingerprint density at radius 2 is 2.08 bits per heavy atom. The number of aromatic nitrogens is 3. The fourth-order valence-corrected chi connectivity index (χ4v) is 4.25. The quantitative estimate of drug-likeness (QED) is 0.219. The Kier molecular flexibility index (Phi) is 7.09. The molecule has 2 aromatic carbocycles. The van der Waals surface area contributed by atoms with Crippen molar-refractivity contribution < 1.29 is 18.7 Å². The molecule has 0 bridgehead atoms. The second kappa shape index (κ2) is 10.8. The standard InChI is InChI=1S/C27H28FN7O3/c1-16(24(29)36)17-4-3-5-20(12-17)38-26-21-8-10-30-25(21)33-27(34-26)32-22-7-6-18(13-23(22)37-2)31-19-14-35(15-19)11-9-28/h3-8,10,12-13,19,31H,1,9,11,14-15H2,2H3,(H2,29,36)(H2,30,32,33,34). The molecule has 38 heavy (non-hydrogen) atoms. The number of fused-ring (bicyclic) bond motifs is 1. The van der Waals surface area contributed by atoms with Crippen molar-refractivity contribution in [3.63, 3.8) is 0 Å². The van der Waals surface area contributed by atoms with Gasteiger partial charge in [0.15, 0.2) is 0 Å². The predicted molar refractivity (Wildman–Crippen MR) is 145 cm³/mol. The lowest BCUT2D eigenvalue weighted by molar-refractivity contribution is -0.112. The van der Waals surface area contributed by atoms with E-state index < -0.39 is 5.91 Å². The molecule has 0 atom stereocenters. The minimum Gasteiger partial charge on any atom is -0.494 e. The number of hydrogen-bond donors (Lipinski definition) is 4. The number of methoxy groups -OCH3 is 1. The van der Waals surface area contributed by atoms with Gasteiger partial charge in [0.1, 0.15) is 23.8 Å². The van der Waals surface area contributed by atoms with Crippen molar-refractivity contribution in [2.45, 2.75) is 6.04 Å². The van der Waals surface area contributed by atoms with Crippen molar-refractivity contribution >= 4 is 39.8 Å². The third kappa shape index (κ3) is 5.37. The molecule has 0 unspecified atom stereocenters. The third-order valence-corrected chi connectivity index (χ3v) is 6.25. The maximum atomic E-state index is 12.5. The molecule has 10 nitrogen and oxygen atoms in total. The molecule has 0 spiro atoms. The fourth-order valence-electron chi connectivity index (χ4n) is 4.25. The van der Waals surface area contributed by atoms with Crippen molar-refractivity contribution in [2.24, 2.45) is 5.73 Å². The Bertz CT molecular complexity index is 1480. The van der Waals surface area contributed by atoms with Crippen molar-refractivity contribution in [3.8, 4) is 17.4 Å². The summed E-state index contributed by atoms with van der Waals surface area (Å²) < 4.78 is 24.2. The topological polar surface area (TPSA) is 130 Å². The second-order valence-corrected chi connectivity index (χ2v) is 8.89. The number of aromatic amines is 1. The van der Waals surface area contributed by atoms with Crippen LogP contribution in [0.3, 0.4) is 0 Å². The number of nitrogens with one attached hydrogen (secondary N) is 3. The average molecular weight is 518 g/mol. The number of halogens is 1. The van der Waals surface area contributed by atoms with E-state index in [1.54, 1.807) is 37.6 Å². The van der Waals surface area contributed by atoms with Crippen molar-refractivity contribution in [2.75, 3.05) is 44.1 Å². The fraction of sp³-hybridized carbons (Fsp3) is 0.222. The summed E-state index contributed by atoms with van der Waals surface area (Å²) in [6.45, 7) is 5.47. The number of carbonyl (C=O) groups is 1. The van der Waals surface area contributed by atoms with Gasteiger partial charge in [-0.05, 0) is 35.9 Å². The van der Waals surface area contributed by atoms with Gasteiger partial charge < -0.3 is 30.8 Å². The van der Waals surface area contributed by atoms with E-state index in [0.717, 1.165) is 18.8 Å². The van der Waals surface area contributed by atoms with Gasteiger partial charge in [0, 0.05) is 43.2 Å². The lowest BCUT2D eigenvalue weighted by Gasteiger charge is -2.39. The molecule has 0 aliphatic carbocycles. The Morgan fingerprint density at radius 3 is 2.84 bits per heavy atom. The molecule has 1 aliphatic rings. The molecule has 4 aromatic rings. The van der Waals surface area contributed by atoms with Crippen LogP contribution in [-0.2, 0) is 4.79 Å². The maximum Gasteiger partial charge on any atom is 0.248 e. The van der Waals surface area contributed by atoms with Crippen LogP contribution in [-0.4, -0.2) is 65.2 Å². The SMILES string of the molecule is C=C(C(N)=O)c1cccc(Oc2nc(Nc3ccc(NC4CN(CCF)C4)cc3OC)nc3[nH]ccc23)c1. The van der Waals surface area contributed by atoms with E-state index in [-0.39, 0.29) is 18.3 Å². The van der Waals surface area contributed by atoms with Crippen molar-refractivity contribution in [1.29, 1.82) is 0 Å². The molecule has 1 fully saturated rings. The summed E-state index contributed by atoms with van der Waals surface area (Å²) in [7, 11) is 1.59. The van der Waals surface area contributed by atoms with Gasteiger partial charge in [0.05, 0.1) is 24.2 Å². The third-order valence-electron chi connectivity index (χ3n) is 6.25. The van der Waals surface area contributed by atoms with Crippen LogP contribution in [0.2, 0.25) is 0 Å². The van der Waals surface area contributed by atoms with E-state index in [9.17, 15) is 9.18 Å². The molecule has 0 saturated carbocycles. The lowest BCUT2D eigenvalue weighted by atomic mass is 10.1. The monoisotopic (exact) mass is 517 g/mol. The number of nitrogens with zero attached hydrogens (tertiary/aromatic N) is 3. The van der Waals surface area contributed by atoms with E-state index in [4.69, 9.17) is 15.2 Å². The first kappa shape index (κ1) is 25.0. The molecule has 0 radical (unpaired) electrons. The normalized spacial score (nSPS) is 13.6. The number of hydrogen-bond acceptors (Lipinski definition) is 8. The highest BCUT2D eigenvalue weighted by molar-refractivity contribution is 6.17. The number of rotatable bonds is 11. The molecule has 2 aromatic heterocycles. The smallest absolute Gasteiger partial charge is 0.248 e. The van der Waals surface area contributed by atoms with Gasteiger partial charge >= 0.3 is 0 Å². The number of carbonyl (C=O) groups excluding carboxylic acids is 1. The first-order chi connectivity index (χ1) is 18.4.